The van der Waals surface area contributed by atoms with Crippen molar-refractivity contribution in [3.05, 3.63) is 70.5 Å². The number of benzene rings is 2. The zero-order valence-electron chi connectivity index (χ0n) is 16.9. The van der Waals surface area contributed by atoms with Crippen molar-refractivity contribution < 1.29 is 18.8 Å². The number of aryl methyl sites for hydroxylation is 1. The molecule has 160 valence electrons. The third-order valence-corrected chi connectivity index (χ3v) is 4.74. The molecular weight excluding hydrogens is 414 g/mol. The first-order valence-electron chi connectivity index (χ1n) is 9.74. The van der Waals surface area contributed by atoms with E-state index in [-0.39, 0.29) is 30.8 Å². The van der Waals surface area contributed by atoms with Gasteiger partial charge in [-0.05, 0) is 48.9 Å². The fraction of sp³-hybridized carbons (Fsp3) is 0.136. The van der Waals surface area contributed by atoms with Crippen molar-refractivity contribution in [2.45, 2.75) is 13.5 Å². The molecule has 0 fully saturated rings. The van der Waals surface area contributed by atoms with Crippen LogP contribution in [0.4, 0.5) is 5.69 Å². The summed E-state index contributed by atoms with van der Waals surface area (Å²) in [5.41, 5.74) is 2.17. The first-order chi connectivity index (χ1) is 15.5. The number of hydrogen-bond acceptors (Lipinski definition) is 8. The van der Waals surface area contributed by atoms with Crippen molar-refractivity contribution in [2.75, 3.05) is 12.1 Å². The van der Waals surface area contributed by atoms with Crippen LogP contribution in [0.5, 0.6) is 11.5 Å². The van der Waals surface area contributed by atoms with Crippen LogP contribution in [0.25, 0.3) is 23.0 Å². The lowest BCUT2D eigenvalue weighted by molar-refractivity contribution is -0.117. The largest absolute Gasteiger partial charge is 0.454 e. The van der Waals surface area contributed by atoms with Crippen molar-refractivity contribution in [2.24, 2.45) is 0 Å². The molecule has 5 rings (SSSR count). The number of amides is 1. The Morgan fingerprint density at radius 1 is 1.09 bits per heavy atom. The first kappa shape index (κ1) is 19.5. The Labute approximate surface area is 181 Å². The van der Waals surface area contributed by atoms with Gasteiger partial charge in [0.15, 0.2) is 11.5 Å². The zero-order chi connectivity index (χ0) is 22.1. The molecule has 2 aromatic carbocycles. The fourth-order valence-corrected chi connectivity index (χ4v) is 3.22. The van der Waals surface area contributed by atoms with E-state index < -0.39 is 5.56 Å². The predicted molar refractivity (Wildman–Crippen MR) is 113 cm³/mol. The molecular formula is C22H17N5O5. The van der Waals surface area contributed by atoms with E-state index >= 15 is 0 Å². The highest BCUT2D eigenvalue weighted by Gasteiger charge is 2.18. The molecule has 2 aromatic heterocycles. The van der Waals surface area contributed by atoms with Crippen LogP contribution in [0.1, 0.15) is 5.56 Å². The van der Waals surface area contributed by atoms with E-state index in [2.05, 4.69) is 20.6 Å². The molecule has 0 spiro atoms. The van der Waals surface area contributed by atoms with Gasteiger partial charge in [-0.3, -0.25) is 9.59 Å². The lowest BCUT2D eigenvalue weighted by Crippen LogP contribution is -2.29. The summed E-state index contributed by atoms with van der Waals surface area (Å²) >= 11 is 0. The van der Waals surface area contributed by atoms with E-state index in [1.165, 1.54) is 12.1 Å². The summed E-state index contributed by atoms with van der Waals surface area (Å²) in [5.74, 6) is 1.31. The number of nitrogens with zero attached hydrogens (tertiary/aromatic N) is 4. The highest BCUT2D eigenvalue weighted by atomic mass is 16.7. The van der Waals surface area contributed by atoms with E-state index in [9.17, 15) is 9.59 Å². The summed E-state index contributed by atoms with van der Waals surface area (Å²) < 4.78 is 17.0. The molecule has 1 aliphatic rings. The molecule has 0 bridgehead atoms. The van der Waals surface area contributed by atoms with E-state index in [1.54, 1.807) is 24.3 Å². The summed E-state index contributed by atoms with van der Waals surface area (Å²) in [7, 11) is 0. The normalized spacial score (nSPS) is 12.0. The monoisotopic (exact) mass is 431 g/mol. The molecule has 1 N–H and O–H groups in total. The average molecular weight is 431 g/mol. The SMILES string of the molecule is Cc1cccc(NC(=O)Cn2nc(-c3nc(-c4ccc5c(c4)OCO5)no3)ccc2=O)c1. The third-order valence-electron chi connectivity index (χ3n) is 4.74. The molecule has 4 aromatic rings. The minimum absolute atomic E-state index is 0.116. The molecule has 1 aliphatic heterocycles. The van der Waals surface area contributed by atoms with E-state index in [0.29, 0.717) is 28.6 Å². The van der Waals surface area contributed by atoms with Crippen LogP contribution in [0.2, 0.25) is 0 Å². The second-order valence-corrected chi connectivity index (χ2v) is 7.12. The van der Waals surface area contributed by atoms with Crippen LogP contribution in [0.15, 0.2) is 63.9 Å². The minimum atomic E-state index is -0.427. The molecule has 0 saturated carbocycles. The van der Waals surface area contributed by atoms with Crippen molar-refractivity contribution in [3.8, 4) is 34.5 Å². The number of nitrogens with one attached hydrogen (secondary N) is 1. The highest BCUT2D eigenvalue weighted by molar-refractivity contribution is 5.90. The number of aromatic nitrogens is 4. The van der Waals surface area contributed by atoms with Gasteiger partial charge in [-0.25, -0.2) is 4.68 Å². The Kier molecular flexibility index (Phi) is 4.86. The lowest BCUT2D eigenvalue weighted by Gasteiger charge is -2.07. The maximum Gasteiger partial charge on any atom is 0.278 e. The Bertz CT molecular complexity index is 1380. The van der Waals surface area contributed by atoms with Crippen LogP contribution >= 0.6 is 0 Å². The van der Waals surface area contributed by atoms with Gasteiger partial charge in [-0.15, -0.1) is 0 Å². The van der Waals surface area contributed by atoms with Gasteiger partial charge in [0, 0.05) is 17.3 Å². The molecule has 10 nitrogen and oxygen atoms in total. The quantitative estimate of drug-likeness (QED) is 0.512. The molecule has 0 radical (unpaired) electrons. The molecule has 3 heterocycles. The number of rotatable bonds is 5. The molecule has 0 saturated heterocycles. The average Bonchev–Trinajstić information content (AvgIpc) is 3.44. The Hall–Kier alpha value is -4.47. The predicted octanol–water partition coefficient (Wildman–Crippen LogP) is 2.64. The zero-order valence-corrected chi connectivity index (χ0v) is 16.9. The van der Waals surface area contributed by atoms with Crippen LogP contribution in [-0.2, 0) is 11.3 Å². The van der Waals surface area contributed by atoms with Gasteiger partial charge in [0.05, 0.1) is 0 Å². The van der Waals surface area contributed by atoms with E-state index in [1.807, 2.05) is 25.1 Å². The van der Waals surface area contributed by atoms with Gasteiger partial charge in [0.2, 0.25) is 18.5 Å². The topological polar surface area (TPSA) is 121 Å². The Morgan fingerprint density at radius 2 is 1.97 bits per heavy atom. The maximum absolute atomic E-state index is 12.4. The van der Waals surface area contributed by atoms with Crippen LogP contribution in [-0.4, -0.2) is 32.6 Å². The van der Waals surface area contributed by atoms with Crippen LogP contribution < -0.4 is 20.3 Å². The lowest BCUT2D eigenvalue weighted by atomic mass is 10.2. The Morgan fingerprint density at radius 3 is 2.84 bits per heavy atom. The summed E-state index contributed by atoms with van der Waals surface area (Å²) in [6.07, 6.45) is 0. The van der Waals surface area contributed by atoms with Crippen LogP contribution in [0.3, 0.4) is 0 Å². The second-order valence-electron chi connectivity index (χ2n) is 7.12. The van der Waals surface area contributed by atoms with E-state index in [4.69, 9.17) is 14.0 Å². The molecule has 1 amide bonds. The van der Waals surface area contributed by atoms with Gasteiger partial charge < -0.3 is 19.3 Å². The molecule has 0 unspecified atom stereocenters. The van der Waals surface area contributed by atoms with Crippen molar-refractivity contribution >= 4 is 11.6 Å². The number of anilines is 1. The van der Waals surface area contributed by atoms with Crippen LogP contribution in [0, 0.1) is 6.92 Å². The Balaban J connectivity index is 1.36. The molecule has 0 aliphatic carbocycles. The van der Waals surface area contributed by atoms with Gasteiger partial charge in [0.1, 0.15) is 12.2 Å². The smallest absolute Gasteiger partial charge is 0.278 e. The standard InChI is InChI=1S/C22H17N5O5/c1-13-3-2-4-15(9-13)23-19(28)11-27-20(29)8-6-16(25-27)22-24-21(26-32-22)14-5-7-17-18(10-14)31-12-30-17/h2-10H,11-12H2,1H3,(H,23,28). The van der Waals surface area contributed by atoms with Gasteiger partial charge in [-0.1, -0.05) is 17.3 Å². The number of hydrogen-bond donors (Lipinski definition) is 1. The number of carbonyl (C=O) groups excluding carboxylic acids is 1. The second kappa shape index (κ2) is 7.99. The molecule has 32 heavy (non-hydrogen) atoms. The van der Waals surface area contributed by atoms with Gasteiger partial charge in [0.25, 0.3) is 11.4 Å². The summed E-state index contributed by atoms with van der Waals surface area (Å²) in [6, 6.07) is 15.4. The fourth-order valence-electron chi connectivity index (χ4n) is 3.22. The molecule has 0 atom stereocenters. The van der Waals surface area contributed by atoms with Crippen molar-refractivity contribution in [1.29, 1.82) is 0 Å². The summed E-state index contributed by atoms with van der Waals surface area (Å²) in [4.78, 5) is 28.9. The highest BCUT2D eigenvalue weighted by Crippen LogP contribution is 2.35. The minimum Gasteiger partial charge on any atom is -0.454 e. The first-order valence-corrected chi connectivity index (χ1v) is 9.74. The summed E-state index contributed by atoms with van der Waals surface area (Å²) in [5, 5.41) is 10.9. The third kappa shape index (κ3) is 3.93. The molecule has 10 heteroatoms. The number of carbonyl (C=O) groups is 1. The number of fused-ring (bicyclic) bond motifs is 1. The maximum atomic E-state index is 12.4. The van der Waals surface area contributed by atoms with Crippen molar-refractivity contribution in [1.82, 2.24) is 19.9 Å². The van der Waals surface area contributed by atoms with Gasteiger partial charge >= 0.3 is 0 Å². The van der Waals surface area contributed by atoms with Gasteiger partial charge in [-0.2, -0.15) is 10.1 Å². The van der Waals surface area contributed by atoms with E-state index in [0.717, 1.165) is 10.2 Å². The number of ether oxygens (including phenoxy) is 2. The summed E-state index contributed by atoms with van der Waals surface area (Å²) in [6.45, 7) is 1.83. The van der Waals surface area contributed by atoms with Crippen molar-refractivity contribution in [3.63, 3.8) is 0 Å².